The highest BCUT2D eigenvalue weighted by Crippen LogP contribution is 2.32. The Morgan fingerprint density at radius 1 is 1.39 bits per heavy atom. The zero-order valence-corrected chi connectivity index (χ0v) is 10.8. The molecule has 0 aromatic carbocycles. The van der Waals surface area contributed by atoms with Gasteiger partial charge in [-0.25, -0.2) is 9.97 Å². The van der Waals surface area contributed by atoms with Crippen molar-refractivity contribution >= 4 is 5.82 Å². The molecule has 0 spiro atoms. The molecule has 2 heterocycles. The van der Waals surface area contributed by atoms with Crippen LogP contribution in [0, 0.1) is 0 Å². The zero-order chi connectivity index (χ0) is 13.0. The summed E-state index contributed by atoms with van der Waals surface area (Å²) >= 11 is 0. The first-order chi connectivity index (χ1) is 8.81. The Balaban J connectivity index is 2.52. The summed E-state index contributed by atoms with van der Waals surface area (Å²) in [5.41, 5.74) is 1.69. The van der Waals surface area contributed by atoms with Crippen LogP contribution in [-0.2, 0) is 6.54 Å². The lowest BCUT2D eigenvalue weighted by Gasteiger charge is -2.12. The SMILES string of the molecule is CCCn1nccc1-c1ncnc(NC)c1OC. The molecule has 0 unspecified atom stereocenters. The third kappa shape index (κ3) is 2.13. The Labute approximate surface area is 106 Å². The number of hydrogen-bond donors (Lipinski definition) is 1. The molecule has 0 aliphatic heterocycles. The largest absolute Gasteiger partial charge is 0.491 e. The summed E-state index contributed by atoms with van der Waals surface area (Å²) in [6.45, 7) is 2.96. The van der Waals surface area contributed by atoms with Crippen molar-refractivity contribution in [1.82, 2.24) is 19.7 Å². The maximum absolute atomic E-state index is 5.40. The molecule has 2 aromatic rings. The Hall–Kier alpha value is -2.11. The molecule has 0 fully saturated rings. The van der Waals surface area contributed by atoms with E-state index in [2.05, 4.69) is 27.3 Å². The third-order valence-corrected chi connectivity index (χ3v) is 2.64. The Morgan fingerprint density at radius 3 is 2.89 bits per heavy atom. The molecule has 1 N–H and O–H groups in total. The highest BCUT2D eigenvalue weighted by Gasteiger charge is 2.16. The highest BCUT2D eigenvalue weighted by molar-refractivity contribution is 5.70. The van der Waals surface area contributed by atoms with Crippen molar-refractivity contribution in [2.75, 3.05) is 19.5 Å². The van der Waals surface area contributed by atoms with E-state index in [9.17, 15) is 0 Å². The van der Waals surface area contributed by atoms with Gasteiger partial charge in [-0.15, -0.1) is 0 Å². The molecule has 0 bridgehead atoms. The van der Waals surface area contributed by atoms with E-state index >= 15 is 0 Å². The first-order valence-corrected chi connectivity index (χ1v) is 5.90. The predicted molar refractivity (Wildman–Crippen MR) is 69.6 cm³/mol. The van der Waals surface area contributed by atoms with Crippen LogP contribution in [0.2, 0.25) is 0 Å². The minimum absolute atomic E-state index is 0.637. The lowest BCUT2D eigenvalue weighted by molar-refractivity contribution is 0.414. The fourth-order valence-corrected chi connectivity index (χ4v) is 1.85. The number of nitrogens with zero attached hydrogens (tertiary/aromatic N) is 4. The molecule has 0 saturated heterocycles. The molecular weight excluding hydrogens is 230 g/mol. The number of hydrogen-bond acceptors (Lipinski definition) is 5. The minimum Gasteiger partial charge on any atom is -0.491 e. The van der Waals surface area contributed by atoms with Gasteiger partial charge >= 0.3 is 0 Å². The summed E-state index contributed by atoms with van der Waals surface area (Å²) in [6, 6.07) is 1.93. The monoisotopic (exact) mass is 247 g/mol. The van der Waals surface area contributed by atoms with Crippen molar-refractivity contribution in [2.45, 2.75) is 19.9 Å². The molecule has 2 rings (SSSR count). The van der Waals surface area contributed by atoms with Crippen molar-refractivity contribution < 1.29 is 4.74 Å². The molecule has 6 heteroatoms. The van der Waals surface area contributed by atoms with E-state index in [-0.39, 0.29) is 0 Å². The number of aryl methyl sites for hydroxylation is 1. The van der Waals surface area contributed by atoms with Gasteiger partial charge in [0, 0.05) is 19.8 Å². The minimum atomic E-state index is 0.637. The summed E-state index contributed by atoms with van der Waals surface area (Å²) in [7, 11) is 3.42. The zero-order valence-electron chi connectivity index (χ0n) is 10.8. The first-order valence-electron chi connectivity index (χ1n) is 5.90. The van der Waals surface area contributed by atoms with Gasteiger partial charge < -0.3 is 10.1 Å². The molecule has 18 heavy (non-hydrogen) atoms. The van der Waals surface area contributed by atoms with Crippen molar-refractivity contribution in [3.05, 3.63) is 18.6 Å². The van der Waals surface area contributed by atoms with Gasteiger partial charge in [-0.05, 0) is 12.5 Å². The van der Waals surface area contributed by atoms with Crippen LogP contribution in [0.4, 0.5) is 5.82 Å². The van der Waals surface area contributed by atoms with Gasteiger partial charge in [0.25, 0.3) is 0 Å². The van der Waals surface area contributed by atoms with Gasteiger partial charge in [-0.2, -0.15) is 5.10 Å². The van der Waals surface area contributed by atoms with Crippen molar-refractivity contribution in [3.8, 4) is 17.1 Å². The lowest BCUT2D eigenvalue weighted by Crippen LogP contribution is -2.05. The van der Waals surface area contributed by atoms with Crippen LogP contribution >= 0.6 is 0 Å². The second kappa shape index (κ2) is 5.48. The maximum Gasteiger partial charge on any atom is 0.189 e. The van der Waals surface area contributed by atoms with Crippen LogP contribution in [0.3, 0.4) is 0 Å². The molecule has 96 valence electrons. The Morgan fingerprint density at radius 2 is 2.22 bits per heavy atom. The fourth-order valence-electron chi connectivity index (χ4n) is 1.85. The van der Waals surface area contributed by atoms with E-state index < -0.39 is 0 Å². The van der Waals surface area contributed by atoms with Crippen LogP contribution in [0.15, 0.2) is 18.6 Å². The highest BCUT2D eigenvalue weighted by atomic mass is 16.5. The van der Waals surface area contributed by atoms with E-state index in [0.29, 0.717) is 11.6 Å². The molecule has 0 amide bonds. The third-order valence-electron chi connectivity index (χ3n) is 2.64. The number of methoxy groups -OCH3 is 1. The number of nitrogens with one attached hydrogen (secondary N) is 1. The molecular formula is C12H17N5O. The topological polar surface area (TPSA) is 64.9 Å². The van der Waals surface area contributed by atoms with Crippen molar-refractivity contribution in [3.63, 3.8) is 0 Å². The standard InChI is InChI=1S/C12H17N5O/c1-4-7-17-9(5-6-16-17)10-11(18-3)12(13-2)15-8-14-10/h5-6,8H,4,7H2,1-3H3,(H,13,14,15). The molecule has 2 aromatic heterocycles. The van der Waals surface area contributed by atoms with E-state index in [1.54, 1.807) is 20.4 Å². The fraction of sp³-hybridized carbons (Fsp3) is 0.417. The molecule has 0 radical (unpaired) electrons. The summed E-state index contributed by atoms with van der Waals surface area (Å²) in [6.07, 6.45) is 4.31. The van der Waals surface area contributed by atoms with Gasteiger partial charge in [0.05, 0.1) is 12.8 Å². The Kier molecular flexibility index (Phi) is 3.76. The van der Waals surface area contributed by atoms with E-state index in [4.69, 9.17) is 4.74 Å². The Bertz CT molecular complexity index is 523. The second-order valence-corrected chi connectivity index (χ2v) is 3.79. The summed E-state index contributed by atoms with van der Waals surface area (Å²) in [5, 5.41) is 7.29. The maximum atomic E-state index is 5.40. The summed E-state index contributed by atoms with van der Waals surface area (Å²) in [4.78, 5) is 8.44. The van der Waals surface area contributed by atoms with Gasteiger partial charge in [-0.1, -0.05) is 6.92 Å². The smallest absolute Gasteiger partial charge is 0.189 e. The number of anilines is 1. The van der Waals surface area contributed by atoms with Crippen molar-refractivity contribution in [2.24, 2.45) is 0 Å². The van der Waals surface area contributed by atoms with Crippen LogP contribution in [0.1, 0.15) is 13.3 Å². The average Bonchev–Trinajstić information content (AvgIpc) is 2.86. The van der Waals surface area contributed by atoms with Gasteiger partial charge in [0.2, 0.25) is 0 Å². The predicted octanol–water partition coefficient (Wildman–Crippen LogP) is 1.80. The molecule has 0 saturated carbocycles. The van der Waals surface area contributed by atoms with E-state index in [1.807, 2.05) is 10.7 Å². The van der Waals surface area contributed by atoms with Crippen LogP contribution in [0.25, 0.3) is 11.4 Å². The van der Waals surface area contributed by atoms with Gasteiger partial charge in [-0.3, -0.25) is 4.68 Å². The first kappa shape index (κ1) is 12.3. The van der Waals surface area contributed by atoms with Crippen LogP contribution < -0.4 is 10.1 Å². The van der Waals surface area contributed by atoms with Gasteiger partial charge in [0.15, 0.2) is 11.6 Å². The van der Waals surface area contributed by atoms with E-state index in [1.165, 1.54) is 6.33 Å². The van der Waals surface area contributed by atoms with Crippen molar-refractivity contribution in [1.29, 1.82) is 0 Å². The normalized spacial score (nSPS) is 10.4. The second-order valence-electron chi connectivity index (χ2n) is 3.79. The molecule has 6 nitrogen and oxygen atoms in total. The molecule has 0 aliphatic rings. The molecule has 0 aliphatic carbocycles. The lowest BCUT2D eigenvalue weighted by atomic mass is 10.2. The summed E-state index contributed by atoms with van der Waals surface area (Å²) in [5.74, 6) is 1.31. The number of ether oxygens (including phenoxy) is 1. The molecule has 0 atom stereocenters. The average molecular weight is 247 g/mol. The summed E-state index contributed by atoms with van der Waals surface area (Å²) < 4.78 is 7.32. The number of rotatable bonds is 5. The van der Waals surface area contributed by atoms with Crippen LogP contribution in [0.5, 0.6) is 5.75 Å². The van der Waals surface area contributed by atoms with E-state index in [0.717, 1.165) is 24.4 Å². The number of aromatic nitrogens is 4. The van der Waals surface area contributed by atoms with Crippen LogP contribution in [-0.4, -0.2) is 33.9 Å². The van der Waals surface area contributed by atoms with Gasteiger partial charge in [0.1, 0.15) is 12.0 Å². The quantitative estimate of drug-likeness (QED) is 0.872.